The zero-order valence-corrected chi connectivity index (χ0v) is 14.9. The summed E-state index contributed by atoms with van der Waals surface area (Å²) in [7, 11) is 0. The van der Waals surface area contributed by atoms with Crippen LogP contribution < -0.4 is 0 Å². The topological polar surface area (TPSA) is 9.23 Å². The van der Waals surface area contributed by atoms with Crippen LogP contribution in [0.4, 0.5) is 0 Å². The molecule has 0 fully saturated rings. The maximum atomic E-state index is 5.94. The van der Waals surface area contributed by atoms with Crippen LogP contribution in [0.15, 0.2) is 54.6 Å². The first-order valence-electron chi connectivity index (χ1n) is 8.53. The van der Waals surface area contributed by atoms with E-state index in [1.54, 1.807) is 0 Å². The van der Waals surface area contributed by atoms with Crippen molar-refractivity contribution in [2.45, 2.75) is 46.1 Å². The quantitative estimate of drug-likeness (QED) is 0.589. The Labute approximate surface area is 141 Å². The normalized spacial score (nSPS) is 13.0. The van der Waals surface area contributed by atoms with E-state index in [9.17, 15) is 0 Å². The van der Waals surface area contributed by atoms with Crippen molar-refractivity contribution < 1.29 is 4.74 Å². The minimum absolute atomic E-state index is 0.161. The Morgan fingerprint density at radius 2 is 1.61 bits per heavy atom. The van der Waals surface area contributed by atoms with Gasteiger partial charge in [-0.05, 0) is 40.9 Å². The number of hydrogen-bond acceptors (Lipinski definition) is 1. The molecule has 0 aliphatic carbocycles. The molecule has 2 aromatic carbocycles. The molecule has 2 rings (SSSR count). The van der Waals surface area contributed by atoms with E-state index in [1.807, 2.05) is 0 Å². The first kappa shape index (κ1) is 17.7. The fourth-order valence-electron chi connectivity index (χ4n) is 2.81. The molecule has 1 radical (unpaired) electrons. The second kappa shape index (κ2) is 8.31. The second-order valence-corrected chi connectivity index (χ2v) is 7.30. The maximum absolute atomic E-state index is 5.94. The fourth-order valence-corrected chi connectivity index (χ4v) is 2.81. The molecule has 0 bridgehead atoms. The predicted molar refractivity (Wildman–Crippen MR) is 98.4 cm³/mol. The molecule has 1 heteroatoms. The molecule has 0 aromatic heterocycles. The van der Waals surface area contributed by atoms with Crippen molar-refractivity contribution in [1.82, 2.24) is 0 Å². The van der Waals surface area contributed by atoms with Gasteiger partial charge in [0, 0.05) is 6.61 Å². The van der Waals surface area contributed by atoms with E-state index in [0.717, 1.165) is 13.0 Å². The third-order valence-corrected chi connectivity index (χ3v) is 4.08. The molecule has 0 N–H and O–H groups in total. The Bertz CT molecular complexity index is 580. The molecule has 0 aliphatic heterocycles. The first-order chi connectivity index (χ1) is 11.0. The number of hydrogen-bond donors (Lipinski definition) is 0. The van der Waals surface area contributed by atoms with Crippen LogP contribution in [0.2, 0.25) is 0 Å². The summed E-state index contributed by atoms with van der Waals surface area (Å²) in [5.41, 5.74) is 4.13. The van der Waals surface area contributed by atoms with Crippen LogP contribution in [0, 0.1) is 12.3 Å². The molecule has 1 atom stereocenters. The monoisotopic (exact) mass is 309 g/mol. The first-order valence-corrected chi connectivity index (χ1v) is 8.53. The summed E-state index contributed by atoms with van der Waals surface area (Å²) in [6.07, 6.45) is 3.36. The van der Waals surface area contributed by atoms with Crippen LogP contribution >= 0.6 is 0 Å². The molecule has 0 saturated carbocycles. The van der Waals surface area contributed by atoms with Gasteiger partial charge >= 0.3 is 0 Å². The summed E-state index contributed by atoms with van der Waals surface area (Å²) >= 11 is 0. The van der Waals surface area contributed by atoms with E-state index >= 15 is 0 Å². The highest BCUT2D eigenvalue weighted by molar-refractivity contribution is 5.32. The van der Waals surface area contributed by atoms with Gasteiger partial charge in [-0.3, -0.25) is 0 Å². The van der Waals surface area contributed by atoms with Gasteiger partial charge in [0.25, 0.3) is 0 Å². The van der Waals surface area contributed by atoms with Gasteiger partial charge in [0.15, 0.2) is 0 Å². The van der Waals surface area contributed by atoms with Crippen LogP contribution in [-0.4, -0.2) is 6.61 Å². The van der Waals surface area contributed by atoms with Crippen molar-refractivity contribution in [3.63, 3.8) is 0 Å². The van der Waals surface area contributed by atoms with Crippen LogP contribution in [0.1, 0.15) is 50.8 Å². The largest absolute Gasteiger partial charge is 0.377 e. The van der Waals surface area contributed by atoms with Crippen LogP contribution in [0.5, 0.6) is 0 Å². The standard InChI is InChI=1S/C22H29O/c1-18(16-19-10-6-5-7-11-19)14-15-23-17-20-12-8-9-13-21(20)22(2,3)4/h5-13,16,18H,14-15,17H2,1-4H3. The highest BCUT2D eigenvalue weighted by Gasteiger charge is 2.17. The molecule has 23 heavy (non-hydrogen) atoms. The summed E-state index contributed by atoms with van der Waals surface area (Å²) in [6, 6.07) is 19.1. The molecule has 0 amide bonds. The molecule has 0 aliphatic rings. The molecule has 123 valence electrons. The minimum Gasteiger partial charge on any atom is -0.377 e. The zero-order valence-electron chi connectivity index (χ0n) is 14.9. The smallest absolute Gasteiger partial charge is 0.0719 e. The number of ether oxygens (including phenoxy) is 1. The van der Waals surface area contributed by atoms with Crippen LogP contribution in [0.3, 0.4) is 0 Å². The second-order valence-electron chi connectivity index (χ2n) is 7.30. The molecule has 1 unspecified atom stereocenters. The SMILES string of the molecule is CC([CH]c1ccccc1)CCOCc1ccccc1C(C)(C)C. The maximum Gasteiger partial charge on any atom is 0.0719 e. The van der Waals surface area contributed by atoms with Crippen LogP contribution in [0.25, 0.3) is 0 Å². The van der Waals surface area contributed by atoms with Crippen LogP contribution in [-0.2, 0) is 16.8 Å². The molecule has 2 aromatic rings. The van der Waals surface area contributed by atoms with Crippen molar-refractivity contribution in [3.05, 3.63) is 77.7 Å². The van der Waals surface area contributed by atoms with Gasteiger partial charge in [-0.15, -0.1) is 0 Å². The molecule has 0 spiro atoms. The van der Waals surface area contributed by atoms with E-state index in [2.05, 4.69) is 88.7 Å². The number of benzene rings is 2. The lowest BCUT2D eigenvalue weighted by Crippen LogP contribution is -2.15. The zero-order chi connectivity index (χ0) is 16.7. The van der Waals surface area contributed by atoms with E-state index in [0.29, 0.717) is 12.5 Å². The molecular formula is C22H29O. The summed E-state index contributed by atoms with van der Waals surface area (Å²) < 4.78 is 5.94. The van der Waals surface area contributed by atoms with Crippen molar-refractivity contribution >= 4 is 0 Å². The lowest BCUT2D eigenvalue weighted by molar-refractivity contribution is 0.111. The van der Waals surface area contributed by atoms with E-state index in [4.69, 9.17) is 4.74 Å². The molecular weight excluding hydrogens is 280 g/mol. The van der Waals surface area contributed by atoms with Gasteiger partial charge in [0.05, 0.1) is 6.61 Å². The third kappa shape index (κ3) is 5.84. The van der Waals surface area contributed by atoms with Crippen molar-refractivity contribution in [2.24, 2.45) is 5.92 Å². The van der Waals surface area contributed by atoms with Gasteiger partial charge < -0.3 is 4.74 Å². The van der Waals surface area contributed by atoms with E-state index in [-0.39, 0.29) is 5.41 Å². The Morgan fingerprint density at radius 3 is 2.30 bits per heavy atom. The Kier molecular flexibility index (Phi) is 6.41. The summed E-state index contributed by atoms with van der Waals surface area (Å²) in [5, 5.41) is 0. The van der Waals surface area contributed by atoms with E-state index < -0.39 is 0 Å². The average molecular weight is 309 g/mol. The Hall–Kier alpha value is -1.60. The van der Waals surface area contributed by atoms with Crippen molar-refractivity contribution in [2.75, 3.05) is 6.61 Å². The molecule has 0 saturated heterocycles. The van der Waals surface area contributed by atoms with Gasteiger partial charge in [-0.2, -0.15) is 0 Å². The highest BCUT2D eigenvalue weighted by atomic mass is 16.5. The summed E-state index contributed by atoms with van der Waals surface area (Å²) in [4.78, 5) is 0. The summed E-state index contributed by atoms with van der Waals surface area (Å²) in [5.74, 6) is 0.523. The lowest BCUT2D eigenvalue weighted by Gasteiger charge is -2.23. The Morgan fingerprint density at radius 1 is 0.957 bits per heavy atom. The molecule has 1 nitrogen and oxygen atoms in total. The highest BCUT2D eigenvalue weighted by Crippen LogP contribution is 2.26. The van der Waals surface area contributed by atoms with Crippen molar-refractivity contribution in [3.8, 4) is 0 Å². The fraction of sp³-hybridized carbons (Fsp3) is 0.409. The average Bonchev–Trinajstić information content (AvgIpc) is 2.52. The van der Waals surface area contributed by atoms with Gasteiger partial charge in [-0.1, -0.05) is 82.3 Å². The third-order valence-electron chi connectivity index (χ3n) is 4.08. The lowest BCUT2D eigenvalue weighted by atomic mass is 9.84. The minimum atomic E-state index is 0.161. The summed E-state index contributed by atoms with van der Waals surface area (Å²) in [6.45, 7) is 10.5. The van der Waals surface area contributed by atoms with Gasteiger partial charge in [-0.25, -0.2) is 0 Å². The van der Waals surface area contributed by atoms with Gasteiger partial charge in [0.2, 0.25) is 0 Å². The van der Waals surface area contributed by atoms with E-state index in [1.165, 1.54) is 16.7 Å². The molecule has 0 heterocycles. The Balaban J connectivity index is 1.78. The van der Waals surface area contributed by atoms with Crippen molar-refractivity contribution in [1.29, 1.82) is 0 Å². The number of rotatable bonds is 7. The van der Waals surface area contributed by atoms with Gasteiger partial charge in [0.1, 0.15) is 0 Å². The predicted octanol–water partition coefficient (Wildman–Crippen LogP) is 5.78.